The quantitative estimate of drug-likeness (QED) is 0.361. The van der Waals surface area contributed by atoms with E-state index in [1.807, 2.05) is 30.3 Å². The molecule has 2 aromatic carbocycles. The van der Waals surface area contributed by atoms with E-state index >= 15 is 0 Å². The van der Waals surface area contributed by atoms with Gasteiger partial charge in [0, 0.05) is 6.54 Å². The van der Waals surface area contributed by atoms with Gasteiger partial charge in [-0.25, -0.2) is 4.39 Å². The molecule has 0 bridgehead atoms. The van der Waals surface area contributed by atoms with Crippen molar-refractivity contribution in [3.63, 3.8) is 0 Å². The number of carboxylic acid groups (broad SMARTS) is 1. The first-order valence-electron chi connectivity index (χ1n) is 9.52. The number of hydrogen-bond donors (Lipinski definition) is 4. The molecule has 0 radical (unpaired) electrons. The second-order valence-electron chi connectivity index (χ2n) is 7.44. The van der Waals surface area contributed by atoms with Crippen LogP contribution in [0.3, 0.4) is 0 Å². The largest absolute Gasteiger partial charge is 0.481 e. The van der Waals surface area contributed by atoms with Crippen LogP contribution in [0.2, 0.25) is 0 Å². The highest BCUT2D eigenvalue weighted by Gasteiger charge is 2.29. The maximum absolute atomic E-state index is 13.5. The Bertz CT molecular complexity index is 906. The van der Waals surface area contributed by atoms with Gasteiger partial charge in [-0.3, -0.25) is 4.79 Å². The molecule has 0 spiro atoms. The highest BCUT2D eigenvalue weighted by Crippen LogP contribution is 2.25. The van der Waals surface area contributed by atoms with Gasteiger partial charge in [0.15, 0.2) is 0 Å². The van der Waals surface area contributed by atoms with Crippen molar-refractivity contribution >= 4 is 17.3 Å². The van der Waals surface area contributed by atoms with Crippen molar-refractivity contribution in [2.75, 3.05) is 30.7 Å². The van der Waals surface area contributed by atoms with E-state index in [1.165, 1.54) is 6.07 Å². The molecule has 154 valence electrons. The molecular weight excluding hydrogens is 371 g/mol. The molecule has 0 unspecified atom stereocenters. The first kappa shape index (κ1) is 22.2. The Labute approximate surface area is 170 Å². The molecule has 2 rings (SSSR count). The number of nitrogen functional groups attached to an aromatic ring is 1. The smallest absolute Gasteiger partial charge is 0.313 e. The summed E-state index contributed by atoms with van der Waals surface area (Å²) < 4.78 is 13.5. The Hall–Kier alpha value is -3.11. The molecule has 0 fully saturated rings. The van der Waals surface area contributed by atoms with E-state index in [1.54, 1.807) is 13.8 Å². The number of nitrogens with one attached hydrogen (secondary N) is 2. The number of aliphatic carboxylic acids is 1. The summed E-state index contributed by atoms with van der Waals surface area (Å²) in [5.41, 5.74) is 7.61. The van der Waals surface area contributed by atoms with E-state index in [0.29, 0.717) is 12.2 Å². The van der Waals surface area contributed by atoms with Crippen LogP contribution >= 0.6 is 0 Å². The number of carbonyl (C=O) groups is 1. The molecule has 0 saturated heterocycles. The van der Waals surface area contributed by atoms with E-state index in [9.17, 15) is 14.3 Å². The molecule has 0 aliphatic heterocycles. The molecule has 29 heavy (non-hydrogen) atoms. The van der Waals surface area contributed by atoms with Crippen molar-refractivity contribution in [1.29, 1.82) is 5.26 Å². The number of halogens is 1. The number of anilines is 2. The molecule has 5 N–H and O–H groups in total. The molecule has 7 heteroatoms. The number of nitrogens with zero attached hydrogens (tertiary/aromatic N) is 1. The second-order valence-corrected chi connectivity index (χ2v) is 7.44. The van der Waals surface area contributed by atoms with Gasteiger partial charge in [0.05, 0.1) is 22.4 Å². The summed E-state index contributed by atoms with van der Waals surface area (Å²) in [5.74, 6) is -1.34. The highest BCUT2D eigenvalue weighted by atomic mass is 19.1. The summed E-state index contributed by atoms with van der Waals surface area (Å²) in [6.07, 6.45) is 1.59. The summed E-state index contributed by atoms with van der Waals surface area (Å²) in [5, 5.41) is 24.7. The Morgan fingerprint density at radius 1 is 1.24 bits per heavy atom. The van der Waals surface area contributed by atoms with Gasteiger partial charge >= 0.3 is 5.97 Å². The Balaban J connectivity index is 1.74. The average Bonchev–Trinajstić information content (AvgIpc) is 2.69. The predicted molar refractivity (Wildman–Crippen MR) is 112 cm³/mol. The third-order valence-corrected chi connectivity index (χ3v) is 4.88. The van der Waals surface area contributed by atoms with Crippen LogP contribution in [0.25, 0.3) is 0 Å². The van der Waals surface area contributed by atoms with Crippen LogP contribution in [0, 0.1) is 17.1 Å². The van der Waals surface area contributed by atoms with E-state index in [2.05, 4.69) is 10.6 Å². The van der Waals surface area contributed by atoms with Crippen LogP contribution in [0.5, 0.6) is 0 Å². The summed E-state index contributed by atoms with van der Waals surface area (Å²) in [7, 11) is 0. The zero-order valence-corrected chi connectivity index (χ0v) is 16.8. The Morgan fingerprint density at radius 3 is 2.69 bits per heavy atom. The van der Waals surface area contributed by atoms with Gasteiger partial charge in [-0.1, -0.05) is 24.3 Å². The maximum Gasteiger partial charge on any atom is 0.313 e. The molecule has 2 aromatic rings. The van der Waals surface area contributed by atoms with Crippen LogP contribution < -0.4 is 16.4 Å². The lowest BCUT2D eigenvalue weighted by atomic mass is 9.84. The topological polar surface area (TPSA) is 111 Å². The Kier molecular flexibility index (Phi) is 7.57. The minimum Gasteiger partial charge on any atom is -0.481 e. The van der Waals surface area contributed by atoms with Crippen LogP contribution in [0.1, 0.15) is 37.0 Å². The fraction of sp³-hybridized carbons (Fsp3) is 0.364. The molecule has 0 atom stereocenters. The third kappa shape index (κ3) is 5.93. The summed E-state index contributed by atoms with van der Waals surface area (Å²) in [6, 6.07) is 11.9. The van der Waals surface area contributed by atoms with Gasteiger partial charge < -0.3 is 21.5 Å². The average molecular weight is 398 g/mol. The fourth-order valence-corrected chi connectivity index (χ4v) is 2.89. The minimum absolute atomic E-state index is 0.124. The van der Waals surface area contributed by atoms with E-state index in [0.717, 1.165) is 43.1 Å². The van der Waals surface area contributed by atoms with Crippen LogP contribution in [-0.4, -0.2) is 30.7 Å². The predicted octanol–water partition coefficient (Wildman–Crippen LogP) is 3.28. The third-order valence-electron chi connectivity index (χ3n) is 4.88. The van der Waals surface area contributed by atoms with Crippen molar-refractivity contribution in [3.05, 3.63) is 58.9 Å². The van der Waals surface area contributed by atoms with Gasteiger partial charge in [0.25, 0.3) is 0 Å². The lowest BCUT2D eigenvalue weighted by Gasteiger charge is -2.20. The molecule has 6 nitrogen and oxygen atoms in total. The van der Waals surface area contributed by atoms with Crippen molar-refractivity contribution in [3.8, 4) is 6.07 Å². The lowest BCUT2D eigenvalue weighted by molar-refractivity contribution is -0.142. The van der Waals surface area contributed by atoms with Gasteiger partial charge in [0.2, 0.25) is 0 Å². The monoisotopic (exact) mass is 398 g/mol. The number of nitriles is 1. The molecule has 0 aliphatic carbocycles. The second kappa shape index (κ2) is 9.89. The molecule has 0 aromatic heterocycles. The van der Waals surface area contributed by atoms with E-state index in [-0.39, 0.29) is 11.3 Å². The van der Waals surface area contributed by atoms with Gasteiger partial charge in [-0.05, 0) is 63.0 Å². The van der Waals surface area contributed by atoms with Crippen molar-refractivity contribution in [2.24, 2.45) is 0 Å². The van der Waals surface area contributed by atoms with E-state index < -0.39 is 17.2 Å². The standard InChI is InChI=1S/C22H27FN4O2/c1-22(2,21(28)29)17-6-3-5-15(11-17)7-10-26-8-4-9-27-19-13-18(23)12-16(14-24)20(19)25/h3,5-6,11-13,26-27H,4,7-10,25H2,1-2H3,(H,28,29). The molecule has 0 saturated carbocycles. The summed E-state index contributed by atoms with van der Waals surface area (Å²) in [4.78, 5) is 11.4. The lowest BCUT2D eigenvalue weighted by Crippen LogP contribution is -2.28. The first-order chi connectivity index (χ1) is 13.8. The maximum atomic E-state index is 13.5. The van der Waals surface area contributed by atoms with Gasteiger partial charge in [-0.2, -0.15) is 5.26 Å². The molecule has 0 aliphatic rings. The molecule has 0 heterocycles. The van der Waals surface area contributed by atoms with Crippen molar-refractivity contribution in [1.82, 2.24) is 5.32 Å². The van der Waals surface area contributed by atoms with Crippen LogP contribution in [-0.2, 0) is 16.6 Å². The number of carboxylic acids is 1. The molecular formula is C22H27FN4O2. The summed E-state index contributed by atoms with van der Waals surface area (Å²) in [6.45, 7) is 5.51. The number of rotatable bonds is 10. The fourth-order valence-electron chi connectivity index (χ4n) is 2.89. The summed E-state index contributed by atoms with van der Waals surface area (Å²) >= 11 is 0. The number of nitrogens with two attached hydrogens (primary N) is 1. The molecule has 0 amide bonds. The zero-order valence-electron chi connectivity index (χ0n) is 16.8. The SMILES string of the molecule is CC(C)(C(=O)O)c1cccc(CCNCCCNc2cc(F)cc(C#N)c2N)c1. The first-order valence-corrected chi connectivity index (χ1v) is 9.52. The van der Waals surface area contributed by atoms with Crippen LogP contribution in [0.4, 0.5) is 15.8 Å². The van der Waals surface area contributed by atoms with Gasteiger partial charge in [0.1, 0.15) is 11.9 Å². The zero-order chi connectivity index (χ0) is 21.4. The van der Waals surface area contributed by atoms with Crippen LogP contribution in [0.15, 0.2) is 36.4 Å². The Morgan fingerprint density at radius 2 is 2.00 bits per heavy atom. The normalized spacial score (nSPS) is 11.1. The van der Waals surface area contributed by atoms with E-state index in [4.69, 9.17) is 11.0 Å². The van der Waals surface area contributed by atoms with Gasteiger partial charge in [-0.15, -0.1) is 0 Å². The van der Waals surface area contributed by atoms with Crippen molar-refractivity contribution < 1.29 is 14.3 Å². The number of benzene rings is 2. The highest BCUT2D eigenvalue weighted by molar-refractivity contribution is 5.80. The van der Waals surface area contributed by atoms with Crippen molar-refractivity contribution in [2.45, 2.75) is 32.1 Å². The number of hydrogen-bond acceptors (Lipinski definition) is 5. The minimum atomic E-state index is -0.917.